The van der Waals surface area contributed by atoms with E-state index in [4.69, 9.17) is 19.3 Å². The van der Waals surface area contributed by atoms with E-state index in [9.17, 15) is 9.59 Å². The number of hydrogen-bond donors (Lipinski definition) is 1. The smallest absolute Gasteiger partial charge is 0.240 e. The largest absolute Gasteiger partial charge is 0.497 e. The number of anilines is 1. The van der Waals surface area contributed by atoms with Crippen molar-refractivity contribution in [1.82, 2.24) is 20.0 Å². The Hall–Kier alpha value is -3.70. The lowest BCUT2D eigenvalue weighted by atomic mass is 9.87. The van der Waals surface area contributed by atoms with Gasteiger partial charge >= 0.3 is 0 Å². The topological polar surface area (TPSA) is 98.2 Å². The molecule has 0 spiro atoms. The number of methoxy groups -OCH3 is 1. The first-order chi connectivity index (χ1) is 19.6. The highest BCUT2D eigenvalue weighted by molar-refractivity contribution is 8.00. The standard InChI is InChI=1S/C30H37N5O5S/c1-30(2,3)28-26-27(19-7-12-22-23(15-19)40-18-39-22)41-17-25(37)34(16-24(36)31-13-14-33(4)5)29(26)35(32-28)20-8-10-21(38-6)11-9-20/h7-12,15,27H,13-14,16-18H2,1-6H3,(H,31,36). The van der Waals surface area contributed by atoms with Crippen molar-refractivity contribution in [2.75, 3.05) is 58.3 Å². The van der Waals surface area contributed by atoms with Gasteiger partial charge in [0, 0.05) is 24.1 Å². The first-order valence-corrected chi connectivity index (χ1v) is 14.6. The number of thioether (sulfide) groups is 1. The Morgan fingerprint density at radius 2 is 1.88 bits per heavy atom. The van der Waals surface area contributed by atoms with Crippen molar-refractivity contribution in [1.29, 1.82) is 0 Å². The van der Waals surface area contributed by atoms with E-state index in [1.807, 2.05) is 61.5 Å². The van der Waals surface area contributed by atoms with Crippen molar-refractivity contribution >= 4 is 29.4 Å². The van der Waals surface area contributed by atoms with Gasteiger partial charge in [-0.25, -0.2) is 4.68 Å². The molecular formula is C30H37N5O5S. The fourth-order valence-electron chi connectivity index (χ4n) is 4.93. The molecule has 2 amide bonds. The predicted molar refractivity (Wildman–Crippen MR) is 160 cm³/mol. The van der Waals surface area contributed by atoms with E-state index in [0.29, 0.717) is 36.2 Å². The van der Waals surface area contributed by atoms with Crippen LogP contribution in [0.15, 0.2) is 42.5 Å². The van der Waals surface area contributed by atoms with Gasteiger partial charge in [0.15, 0.2) is 11.5 Å². The van der Waals surface area contributed by atoms with Crippen LogP contribution in [0.5, 0.6) is 17.2 Å². The monoisotopic (exact) mass is 579 g/mol. The van der Waals surface area contributed by atoms with Gasteiger partial charge < -0.3 is 24.4 Å². The number of amides is 2. The molecular weight excluding hydrogens is 542 g/mol. The third-order valence-corrected chi connectivity index (χ3v) is 8.25. The number of carbonyl (C=O) groups is 2. The van der Waals surface area contributed by atoms with E-state index < -0.39 is 0 Å². The molecule has 218 valence electrons. The third-order valence-electron chi connectivity index (χ3n) is 7.00. The van der Waals surface area contributed by atoms with Crippen LogP contribution in [-0.2, 0) is 15.0 Å². The molecule has 3 heterocycles. The summed E-state index contributed by atoms with van der Waals surface area (Å²) in [5.41, 5.74) is 3.14. The summed E-state index contributed by atoms with van der Waals surface area (Å²) in [5, 5.41) is 7.86. The van der Waals surface area contributed by atoms with Gasteiger partial charge in [-0.1, -0.05) is 26.8 Å². The first-order valence-electron chi connectivity index (χ1n) is 13.6. The second-order valence-electron chi connectivity index (χ2n) is 11.4. The van der Waals surface area contributed by atoms with Gasteiger partial charge in [0.05, 0.1) is 29.5 Å². The van der Waals surface area contributed by atoms with Crippen LogP contribution in [0.25, 0.3) is 5.69 Å². The normalized spacial score (nSPS) is 16.5. The van der Waals surface area contributed by atoms with Gasteiger partial charge in [-0.05, 0) is 56.1 Å². The average Bonchev–Trinajstić information content (AvgIpc) is 3.53. The summed E-state index contributed by atoms with van der Waals surface area (Å²) in [6.45, 7) is 7.59. The predicted octanol–water partition coefficient (Wildman–Crippen LogP) is 3.75. The summed E-state index contributed by atoms with van der Waals surface area (Å²) in [5.74, 6) is 2.51. The molecule has 2 aliphatic rings. The Balaban J connectivity index is 1.68. The van der Waals surface area contributed by atoms with Crippen LogP contribution in [0.3, 0.4) is 0 Å². The minimum absolute atomic E-state index is 0.112. The van der Waals surface area contributed by atoms with Crippen molar-refractivity contribution < 1.29 is 23.8 Å². The maximum absolute atomic E-state index is 13.8. The number of aromatic nitrogens is 2. The Morgan fingerprint density at radius 1 is 1.15 bits per heavy atom. The Kier molecular flexibility index (Phi) is 8.19. The fraction of sp³-hybridized carbons (Fsp3) is 0.433. The van der Waals surface area contributed by atoms with Gasteiger partial charge in [0.1, 0.15) is 18.1 Å². The highest BCUT2D eigenvalue weighted by atomic mass is 32.2. The van der Waals surface area contributed by atoms with Gasteiger partial charge in [-0.15, -0.1) is 11.8 Å². The summed E-state index contributed by atoms with van der Waals surface area (Å²) in [4.78, 5) is 30.6. The molecule has 0 saturated heterocycles. The molecule has 2 aliphatic heterocycles. The van der Waals surface area contributed by atoms with Crippen molar-refractivity contribution in [2.45, 2.75) is 31.4 Å². The number of carbonyl (C=O) groups excluding carboxylic acids is 2. The first kappa shape index (κ1) is 28.8. The lowest BCUT2D eigenvalue weighted by Crippen LogP contribution is -2.43. The van der Waals surface area contributed by atoms with Crippen LogP contribution in [0.2, 0.25) is 0 Å². The van der Waals surface area contributed by atoms with Gasteiger partial charge in [0.2, 0.25) is 18.6 Å². The molecule has 1 N–H and O–H groups in total. The fourth-order valence-corrected chi connectivity index (χ4v) is 6.12. The van der Waals surface area contributed by atoms with E-state index in [0.717, 1.165) is 22.5 Å². The zero-order valence-electron chi connectivity index (χ0n) is 24.4. The molecule has 11 heteroatoms. The summed E-state index contributed by atoms with van der Waals surface area (Å²) in [6, 6.07) is 13.4. The zero-order chi connectivity index (χ0) is 29.3. The van der Waals surface area contributed by atoms with E-state index in [2.05, 4.69) is 26.1 Å². The molecule has 2 aromatic carbocycles. The number of hydrogen-bond acceptors (Lipinski definition) is 8. The minimum atomic E-state index is -0.357. The van der Waals surface area contributed by atoms with Gasteiger partial charge in [-0.2, -0.15) is 5.10 Å². The minimum Gasteiger partial charge on any atom is -0.497 e. The maximum Gasteiger partial charge on any atom is 0.240 e. The second-order valence-corrected chi connectivity index (χ2v) is 12.5. The molecule has 5 rings (SSSR count). The molecule has 0 radical (unpaired) electrons. The van der Waals surface area contributed by atoms with Crippen molar-refractivity contribution in [2.24, 2.45) is 0 Å². The van der Waals surface area contributed by atoms with Crippen molar-refractivity contribution in [3.05, 3.63) is 59.3 Å². The number of rotatable bonds is 8. The van der Waals surface area contributed by atoms with Crippen LogP contribution in [0, 0.1) is 0 Å². The number of fused-ring (bicyclic) bond motifs is 2. The molecule has 10 nitrogen and oxygen atoms in total. The quantitative estimate of drug-likeness (QED) is 0.431. The Bertz CT molecular complexity index is 1430. The van der Waals surface area contributed by atoms with Crippen LogP contribution in [0.4, 0.5) is 5.82 Å². The van der Waals surface area contributed by atoms with E-state index in [1.54, 1.807) is 16.7 Å². The summed E-state index contributed by atoms with van der Waals surface area (Å²) in [6.07, 6.45) is 0. The SMILES string of the molecule is COc1ccc(-n2nc(C(C)(C)C)c3c2N(CC(=O)NCCN(C)C)C(=O)CSC3c2ccc3c(c2)OCO3)cc1. The average molecular weight is 580 g/mol. The maximum atomic E-state index is 13.8. The molecule has 1 unspecified atom stereocenters. The summed E-state index contributed by atoms with van der Waals surface area (Å²) >= 11 is 1.53. The van der Waals surface area contributed by atoms with Crippen LogP contribution < -0.4 is 24.4 Å². The van der Waals surface area contributed by atoms with Crippen LogP contribution >= 0.6 is 11.8 Å². The molecule has 3 aromatic rings. The number of benzene rings is 2. The molecule has 1 atom stereocenters. The van der Waals surface area contributed by atoms with Crippen LogP contribution in [0.1, 0.15) is 42.8 Å². The summed E-state index contributed by atoms with van der Waals surface area (Å²) in [7, 11) is 5.52. The van der Waals surface area contributed by atoms with Crippen molar-refractivity contribution in [3.8, 4) is 22.9 Å². The number of nitrogens with zero attached hydrogens (tertiary/aromatic N) is 4. The lowest BCUT2D eigenvalue weighted by molar-refractivity contribution is -0.122. The van der Waals surface area contributed by atoms with E-state index >= 15 is 0 Å². The number of nitrogens with one attached hydrogen (secondary N) is 1. The molecule has 0 saturated carbocycles. The molecule has 0 aliphatic carbocycles. The van der Waals surface area contributed by atoms with Gasteiger partial charge in [-0.3, -0.25) is 14.5 Å². The summed E-state index contributed by atoms with van der Waals surface area (Å²) < 4.78 is 18.4. The number of ether oxygens (including phenoxy) is 3. The lowest BCUT2D eigenvalue weighted by Gasteiger charge is -2.24. The molecule has 0 fully saturated rings. The van der Waals surface area contributed by atoms with Gasteiger partial charge in [0.25, 0.3) is 0 Å². The number of likely N-dealkylation sites (N-methyl/N-ethyl adjacent to an activating group) is 1. The highest BCUT2D eigenvalue weighted by Gasteiger charge is 2.40. The van der Waals surface area contributed by atoms with E-state index in [1.165, 1.54) is 11.8 Å². The molecule has 0 bridgehead atoms. The zero-order valence-corrected chi connectivity index (χ0v) is 25.2. The van der Waals surface area contributed by atoms with Crippen molar-refractivity contribution in [3.63, 3.8) is 0 Å². The van der Waals surface area contributed by atoms with E-state index in [-0.39, 0.29) is 41.6 Å². The third kappa shape index (κ3) is 6.01. The highest BCUT2D eigenvalue weighted by Crippen LogP contribution is 2.49. The second kappa shape index (κ2) is 11.7. The Morgan fingerprint density at radius 3 is 2.56 bits per heavy atom. The Labute approximate surface area is 244 Å². The van der Waals surface area contributed by atoms with Crippen LogP contribution in [-0.4, -0.2) is 79.9 Å². The molecule has 1 aromatic heterocycles. The molecule has 41 heavy (non-hydrogen) atoms.